The minimum atomic E-state index is -0.165. The molecule has 5 nitrogen and oxygen atoms in total. The van der Waals surface area contributed by atoms with Crippen LogP contribution in [0.4, 0.5) is 0 Å². The number of aromatic nitrogens is 1. The minimum absolute atomic E-state index is 0.165. The fourth-order valence-corrected chi connectivity index (χ4v) is 3.03. The lowest BCUT2D eigenvalue weighted by molar-refractivity contribution is -0.120. The van der Waals surface area contributed by atoms with Gasteiger partial charge in [0.25, 0.3) is 6.47 Å². The van der Waals surface area contributed by atoms with Gasteiger partial charge in [0.1, 0.15) is 17.6 Å². The van der Waals surface area contributed by atoms with E-state index in [0.29, 0.717) is 40.9 Å². The number of benzene rings is 2. The van der Waals surface area contributed by atoms with E-state index in [9.17, 15) is 9.59 Å². The Balaban J connectivity index is 1.92. The number of carbonyl (C=O) groups excluding carboxylic acids is 1. The van der Waals surface area contributed by atoms with E-state index in [2.05, 4.69) is 4.98 Å². The quantitative estimate of drug-likeness (QED) is 0.521. The van der Waals surface area contributed by atoms with Crippen LogP contribution in [0.25, 0.3) is 33.1 Å². The zero-order chi connectivity index (χ0) is 18.1. The van der Waals surface area contributed by atoms with Gasteiger partial charge in [0.05, 0.1) is 22.2 Å². The molecule has 0 aliphatic heterocycles. The van der Waals surface area contributed by atoms with Crippen LogP contribution in [0.1, 0.15) is 12.5 Å². The topological polar surface area (TPSA) is 69.4 Å². The molecule has 0 radical (unpaired) electrons. The molecule has 0 atom stereocenters. The summed E-state index contributed by atoms with van der Waals surface area (Å²) in [5, 5.41) is 1.44. The molecule has 2 aromatic heterocycles. The third-order valence-electron chi connectivity index (χ3n) is 4.39. The van der Waals surface area contributed by atoms with Gasteiger partial charge < -0.3 is 9.15 Å². The number of fused-ring (bicyclic) bond motifs is 2. The van der Waals surface area contributed by atoms with E-state index in [1.54, 1.807) is 12.1 Å². The first kappa shape index (κ1) is 16.0. The number of rotatable bonds is 4. The first-order chi connectivity index (χ1) is 12.7. The molecule has 4 aromatic rings. The van der Waals surface area contributed by atoms with Gasteiger partial charge in [-0.1, -0.05) is 31.2 Å². The van der Waals surface area contributed by atoms with Gasteiger partial charge in [-0.05, 0) is 30.2 Å². The smallest absolute Gasteiger partial charge is 0.298 e. The van der Waals surface area contributed by atoms with E-state index < -0.39 is 0 Å². The molecule has 5 heteroatoms. The maximum Gasteiger partial charge on any atom is 0.298 e. The predicted octanol–water partition coefficient (Wildman–Crippen LogP) is 4.11. The summed E-state index contributed by atoms with van der Waals surface area (Å²) in [5.74, 6) is 0.398. The molecule has 0 aliphatic carbocycles. The van der Waals surface area contributed by atoms with E-state index >= 15 is 0 Å². The van der Waals surface area contributed by atoms with Crippen LogP contribution in [0.2, 0.25) is 0 Å². The largest absolute Gasteiger partial charge is 0.463 e. The summed E-state index contributed by atoms with van der Waals surface area (Å²) in [6, 6.07) is 14.7. The number of ether oxygens (including phenoxy) is 1. The standard InChI is InChI=1S/C21H15NO4/c1-2-13-9-15-20(10-19(13)26-12-23)25-11-16(21(15)24)18-8-7-14-5-3-4-6-17(14)22-18/h3-12H,2H2,1H3. The van der Waals surface area contributed by atoms with Gasteiger partial charge in [-0.25, -0.2) is 4.98 Å². The fraction of sp³-hybridized carbons (Fsp3) is 0.0952. The molecule has 0 unspecified atom stereocenters. The fourth-order valence-electron chi connectivity index (χ4n) is 3.03. The van der Waals surface area contributed by atoms with Gasteiger partial charge in [0.2, 0.25) is 5.43 Å². The molecule has 2 heterocycles. The molecule has 0 N–H and O–H groups in total. The maximum atomic E-state index is 13.0. The van der Waals surface area contributed by atoms with Gasteiger partial charge in [-0.3, -0.25) is 9.59 Å². The normalized spacial score (nSPS) is 11.0. The Morgan fingerprint density at radius 1 is 1.15 bits per heavy atom. The van der Waals surface area contributed by atoms with Crippen LogP contribution in [0.3, 0.4) is 0 Å². The molecule has 0 saturated heterocycles. The summed E-state index contributed by atoms with van der Waals surface area (Å²) in [6.07, 6.45) is 2.02. The van der Waals surface area contributed by atoms with E-state index in [0.717, 1.165) is 16.5 Å². The van der Waals surface area contributed by atoms with Gasteiger partial charge in [0.15, 0.2) is 0 Å². The average molecular weight is 345 g/mol. The Labute approximate surface area is 148 Å². The summed E-state index contributed by atoms with van der Waals surface area (Å²) in [6.45, 7) is 2.29. The predicted molar refractivity (Wildman–Crippen MR) is 99.3 cm³/mol. The molecule has 0 bridgehead atoms. The van der Waals surface area contributed by atoms with Crippen molar-refractivity contribution in [3.8, 4) is 17.0 Å². The second-order valence-electron chi connectivity index (χ2n) is 5.89. The highest BCUT2D eigenvalue weighted by molar-refractivity contribution is 5.85. The Bertz CT molecular complexity index is 1190. The first-order valence-electron chi connectivity index (χ1n) is 8.26. The van der Waals surface area contributed by atoms with Crippen molar-refractivity contribution in [3.05, 3.63) is 70.6 Å². The van der Waals surface area contributed by atoms with Gasteiger partial charge in [-0.15, -0.1) is 0 Å². The summed E-state index contributed by atoms with van der Waals surface area (Å²) < 4.78 is 10.6. The highest BCUT2D eigenvalue weighted by Crippen LogP contribution is 2.27. The minimum Gasteiger partial charge on any atom is -0.463 e. The summed E-state index contributed by atoms with van der Waals surface area (Å²) in [7, 11) is 0. The lowest BCUT2D eigenvalue weighted by Crippen LogP contribution is -2.07. The van der Waals surface area contributed by atoms with Crippen molar-refractivity contribution in [2.24, 2.45) is 0 Å². The number of nitrogens with zero attached hydrogens (tertiary/aromatic N) is 1. The summed E-state index contributed by atoms with van der Waals surface area (Å²) in [4.78, 5) is 28.2. The lowest BCUT2D eigenvalue weighted by Gasteiger charge is -2.08. The molecule has 0 spiro atoms. The van der Waals surface area contributed by atoms with Gasteiger partial charge in [-0.2, -0.15) is 0 Å². The van der Waals surface area contributed by atoms with Crippen molar-refractivity contribution in [2.45, 2.75) is 13.3 Å². The molecule has 4 rings (SSSR count). The number of para-hydroxylation sites is 1. The van der Waals surface area contributed by atoms with E-state index in [4.69, 9.17) is 9.15 Å². The Morgan fingerprint density at radius 2 is 2.00 bits per heavy atom. The number of carbonyl (C=O) groups is 1. The Kier molecular flexibility index (Phi) is 3.97. The van der Waals surface area contributed by atoms with Crippen LogP contribution >= 0.6 is 0 Å². The van der Waals surface area contributed by atoms with E-state index in [1.165, 1.54) is 6.26 Å². The lowest BCUT2D eigenvalue weighted by atomic mass is 10.0. The molecule has 0 amide bonds. The van der Waals surface area contributed by atoms with E-state index in [1.807, 2.05) is 43.3 Å². The first-order valence-corrected chi connectivity index (χ1v) is 8.26. The monoisotopic (exact) mass is 345 g/mol. The maximum absolute atomic E-state index is 13.0. The van der Waals surface area contributed by atoms with Crippen molar-refractivity contribution in [2.75, 3.05) is 0 Å². The average Bonchev–Trinajstić information content (AvgIpc) is 2.68. The Hall–Kier alpha value is -3.47. The van der Waals surface area contributed by atoms with Crippen LogP contribution in [-0.4, -0.2) is 11.5 Å². The van der Waals surface area contributed by atoms with Crippen LogP contribution in [-0.2, 0) is 11.2 Å². The van der Waals surface area contributed by atoms with Crippen LogP contribution in [0, 0.1) is 0 Å². The molecular weight excluding hydrogens is 330 g/mol. The number of hydrogen-bond donors (Lipinski definition) is 0. The number of hydrogen-bond acceptors (Lipinski definition) is 5. The van der Waals surface area contributed by atoms with Crippen LogP contribution in [0.5, 0.6) is 5.75 Å². The zero-order valence-corrected chi connectivity index (χ0v) is 14.1. The second kappa shape index (κ2) is 6.44. The van der Waals surface area contributed by atoms with Crippen molar-refractivity contribution in [3.63, 3.8) is 0 Å². The van der Waals surface area contributed by atoms with Crippen molar-refractivity contribution < 1.29 is 13.9 Å². The summed E-state index contributed by atoms with van der Waals surface area (Å²) >= 11 is 0. The van der Waals surface area contributed by atoms with Crippen molar-refractivity contribution in [1.82, 2.24) is 4.98 Å². The summed E-state index contributed by atoms with van der Waals surface area (Å²) in [5.41, 5.74) is 2.74. The number of pyridine rings is 1. The Morgan fingerprint density at radius 3 is 2.81 bits per heavy atom. The van der Waals surface area contributed by atoms with Crippen LogP contribution < -0.4 is 10.2 Å². The van der Waals surface area contributed by atoms with Gasteiger partial charge >= 0.3 is 0 Å². The van der Waals surface area contributed by atoms with E-state index in [-0.39, 0.29) is 5.43 Å². The van der Waals surface area contributed by atoms with Crippen molar-refractivity contribution in [1.29, 1.82) is 0 Å². The van der Waals surface area contributed by atoms with Crippen LogP contribution in [0.15, 0.2) is 64.0 Å². The third kappa shape index (κ3) is 2.63. The molecule has 0 fully saturated rings. The molecular formula is C21H15NO4. The molecule has 128 valence electrons. The van der Waals surface area contributed by atoms with Gasteiger partial charge in [0, 0.05) is 11.5 Å². The SMILES string of the molecule is CCc1cc2c(=O)c(-c3ccc4ccccc4n3)coc2cc1OC=O. The highest BCUT2D eigenvalue weighted by Gasteiger charge is 2.14. The zero-order valence-electron chi connectivity index (χ0n) is 14.1. The molecule has 0 saturated carbocycles. The highest BCUT2D eigenvalue weighted by atomic mass is 16.5. The number of aryl methyl sites for hydroxylation is 1. The molecule has 26 heavy (non-hydrogen) atoms. The second-order valence-corrected chi connectivity index (χ2v) is 5.89. The van der Waals surface area contributed by atoms with Crippen molar-refractivity contribution >= 4 is 28.3 Å². The molecule has 0 aliphatic rings. The third-order valence-corrected chi connectivity index (χ3v) is 4.39. The molecule has 2 aromatic carbocycles.